The topological polar surface area (TPSA) is 37.4 Å². The van der Waals surface area contributed by atoms with Crippen molar-refractivity contribution in [3.8, 4) is 12.3 Å². The van der Waals surface area contributed by atoms with E-state index in [0.717, 1.165) is 22.3 Å². The van der Waals surface area contributed by atoms with Gasteiger partial charge in [0.2, 0.25) is 10.0 Å². The monoisotopic (exact) mass is 415 g/mol. The minimum atomic E-state index is -3.65. The average molecular weight is 416 g/mol. The number of benzene rings is 3. The molecule has 3 aromatic rings. The van der Waals surface area contributed by atoms with E-state index in [4.69, 9.17) is 6.42 Å². The van der Waals surface area contributed by atoms with Gasteiger partial charge in [0.15, 0.2) is 0 Å². The summed E-state index contributed by atoms with van der Waals surface area (Å²) < 4.78 is 27.5. The molecule has 0 saturated heterocycles. The third kappa shape index (κ3) is 5.27. The molecule has 0 saturated carbocycles. The Balaban J connectivity index is 1.86. The molecule has 0 amide bonds. The standard InChI is InChI=1S/C26H25NO2S/c1-3-20-27(30(28,29)25-18-16-22(2)17-19-25)21-10-15-26(23-11-6-4-7-12-23)24-13-8-5-9-14-24/h1,4-9,11-19H,10,20-21H2,2H3. The summed E-state index contributed by atoms with van der Waals surface area (Å²) in [5, 5.41) is 0. The van der Waals surface area contributed by atoms with Crippen LogP contribution in [0.3, 0.4) is 0 Å². The van der Waals surface area contributed by atoms with Gasteiger partial charge in [0.25, 0.3) is 0 Å². The van der Waals surface area contributed by atoms with E-state index in [2.05, 4.69) is 36.3 Å². The van der Waals surface area contributed by atoms with Gasteiger partial charge in [0.1, 0.15) is 0 Å². The van der Waals surface area contributed by atoms with E-state index in [1.807, 2.05) is 43.3 Å². The number of terminal acetylenes is 1. The molecule has 0 bridgehead atoms. The number of sulfonamides is 1. The fourth-order valence-electron chi connectivity index (χ4n) is 3.24. The molecule has 0 aromatic heterocycles. The summed E-state index contributed by atoms with van der Waals surface area (Å²) in [7, 11) is -3.65. The lowest BCUT2D eigenvalue weighted by Gasteiger charge is -2.20. The predicted octanol–water partition coefficient (Wildman–Crippen LogP) is 5.14. The van der Waals surface area contributed by atoms with Gasteiger partial charge in [0.05, 0.1) is 11.4 Å². The first-order valence-electron chi connectivity index (χ1n) is 9.83. The molecule has 0 spiro atoms. The van der Waals surface area contributed by atoms with Crippen LogP contribution < -0.4 is 0 Å². The molecule has 0 aliphatic heterocycles. The van der Waals surface area contributed by atoms with Crippen molar-refractivity contribution in [3.05, 3.63) is 108 Å². The highest BCUT2D eigenvalue weighted by Gasteiger charge is 2.23. The Morgan fingerprint density at radius 3 is 1.93 bits per heavy atom. The summed E-state index contributed by atoms with van der Waals surface area (Å²) in [6, 6.07) is 27.0. The zero-order chi connectivity index (χ0) is 21.4. The molecule has 152 valence electrons. The smallest absolute Gasteiger partial charge is 0.207 e. The van der Waals surface area contributed by atoms with E-state index in [0.29, 0.717) is 13.0 Å². The second-order valence-corrected chi connectivity index (χ2v) is 8.93. The van der Waals surface area contributed by atoms with Crippen LogP contribution >= 0.6 is 0 Å². The summed E-state index contributed by atoms with van der Waals surface area (Å²) in [5.74, 6) is 2.48. The van der Waals surface area contributed by atoms with Crippen LogP contribution in [0, 0.1) is 19.3 Å². The van der Waals surface area contributed by atoms with Crippen LogP contribution in [-0.4, -0.2) is 25.8 Å². The Morgan fingerprint density at radius 2 is 1.43 bits per heavy atom. The number of aryl methyl sites for hydroxylation is 1. The molecule has 0 aliphatic rings. The summed E-state index contributed by atoms with van der Waals surface area (Å²) in [6.07, 6.45) is 8.10. The van der Waals surface area contributed by atoms with Crippen molar-refractivity contribution >= 4 is 15.6 Å². The molecule has 0 atom stereocenters. The first-order valence-corrected chi connectivity index (χ1v) is 11.3. The van der Waals surface area contributed by atoms with Gasteiger partial charge < -0.3 is 0 Å². The average Bonchev–Trinajstić information content (AvgIpc) is 2.77. The summed E-state index contributed by atoms with van der Waals surface area (Å²) >= 11 is 0. The van der Waals surface area contributed by atoms with Gasteiger partial charge in [-0.25, -0.2) is 8.42 Å². The zero-order valence-corrected chi connectivity index (χ0v) is 17.8. The largest absolute Gasteiger partial charge is 0.243 e. The van der Waals surface area contributed by atoms with Gasteiger partial charge in [-0.15, -0.1) is 6.42 Å². The van der Waals surface area contributed by atoms with Crippen molar-refractivity contribution < 1.29 is 8.42 Å². The Bertz CT molecular complexity index is 1090. The van der Waals surface area contributed by atoms with Crippen LogP contribution in [0.15, 0.2) is 95.9 Å². The van der Waals surface area contributed by atoms with Crippen LogP contribution in [-0.2, 0) is 10.0 Å². The number of nitrogens with zero attached hydrogens (tertiary/aromatic N) is 1. The molecule has 3 nitrogen and oxygen atoms in total. The second kappa shape index (κ2) is 10.1. The SMILES string of the molecule is C#CCN(CCC=C(c1ccccc1)c1ccccc1)S(=O)(=O)c1ccc(C)cc1. The van der Waals surface area contributed by atoms with Crippen molar-refractivity contribution in [3.63, 3.8) is 0 Å². The lowest BCUT2D eigenvalue weighted by molar-refractivity contribution is 0.452. The predicted molar refractivity (Wildman–Crippen MR) is 123 cm³/mol. The van der Waals surface area contributed by atoms with E-state index in [-0.39, 0.29) is 11.4 Å². The van der Waals surface area contributed by atoms with Crippen LogP contribution in [0.1, 0.15) is 23.1 Å². The Labute approximate surface area is 179 Å². The van der Waals surface area contributed by atoms with Gasteiger partial charge in [-0.3, -0.25) is 0 Å². The van der Waals surface area contributed by atoms with Crippen LogP contribution in [0.5, 0.6) is 0 Å². The molecule has 3 rings (SSSR count). The first kappa shape index (κ1) is 21.6. The maximum Gasteiger partial charge on any atom is 0.243 e. The summed E-state index contributed by atoms with van der Waals surface area (Å²) in [5.41, 5.74) is 4.27. The lowest BCUT2D eigenvalue weighted by Crippen LogP contribution is -2.32. The molecule has 0 unspecified atom stereocenters. The minimum absolute atomic E-state index is 0.0378. The van der Waals surface area contributed by atoms with Crippen molar-refractivity contribution in [2.24, 2.45) is 0 Å². The van der Waals surface area contributed by atoms with Gasteiger partial charge >= 0.3 is 0 Å². The Kier molecular flexibility index (Phi) is 7.24. The normalized spacial score (nSPS) is 11.1. The molecule has 0 radical (unpaired) electrons. The van der Waals surface area contributed by atoms with Crippen LogP contribution in [0.2, 0.25) is 0 Å². The van der Waals surface area contributed by atoms with Crippen molar-refractivity contribution in [1.82, 2.24) is 4.31 Å². The maximum absolute atomic E-state index is 13.1. The highest BCUT2D eigenvalue weighted by molar-refractivity contribution is 7.89. The molecular weight excluding hydrogens is 390 g/mol. The highest BCUT2D eigenvalue weighted by atomic mass is 32.2. The van der Waals surface area contributed by atoms with E-state index in [1.165, 1.54) is 4.31 Å². The molecule has 4 heteroatoms. The lowest BCUT2D eigenvalue weighted by atomic mass is 9.97. The van der Waals surface area contributed by atoms with E-state index >= 15 is 0 Å². The third-order valence-electron chi connectivity index (χ3n) is 4.82. The van der Waals surface area contributed by atoms with Crippen LogP contribution in [0.25, 0.3) is 5.57 Å². The number of hydrogen-bond acceptors (Lipinski definition) is 2. The van der Waals surface area contributed by atoms with Crippen molar-refractivity contribution in [2.75, 3.05) is 13.1 Å². The quantitative estimate of drug-likeness (QED) is 0.478. The number of hydrogen-bond donors (Lipinski definition) is 0. The first-order chi connectivity index (χ1) is 14.5. The molecule has 0 fully saturated rings. The second-order valence-electron chi connectivity index (χ2n) is 6.99. The molecule has 30 heavy (non-hydrogen) atoms. The summed E-state index contributed by atoms with van der Waals surface area (Å²) in [4.78, 5) is 0.263. The highest BCUT2D eigenvalue weighted by Crippen LogP contribution is 2.24. The van der Waals surface area contributed by atoms with E-state index in [1.54, 1.807) is 24.3 Å². The van der Waals surface area contributed by atoms with Crippen LogP contribution in [0.4, 0.5) is 0 Å². The Morgan fingerprint density at radius 1 is 0.900 bits per heavy atom. The fourth-order valence-corrected chi connectivity index (χ4v) is 4.60. The zero-order valence-electron chi connectivity index (χ0n) is 17.0. The number of rotatable bonds is 8. The fraction of sp³-hybridized carbons (Fsp3) is 0.154. The van der Waals surface area contributed by atoms with Crippen molar-refractivity contribution in [2.45, 2.75) is 18.2 Å². The molecular formula is C26H25NO2S. The summed E-state index contributed by atoms with van der Waals surface area (Å²) in [6.45, 7) is 2.27. The minimum Gasteiger partial charge on any atom is -0.207 e. The molecule has 0 N–H and O–H groups in total. The van der Waals surface area contributed by atoms with Gasteiger partial charge in [-0.1, -0.05) is 90.4 Å². The van der Waals surface area contributed by atoms with Gasteiger partial charge in [-0.2, -0.15) is 4.31 Å². The molecule has 3 aromatic carbocycles. The molecule has 0 heterocycles. The van der Waals surface area contributed by atoms with Gasteiger partial charge in [0, 0.05) is 6.54 Å². The van der Waals surface area contributed by atoms with Gasteiger partial charge in [-0.05, 0) is 42.2 Å². The van der Waals surface area contributed by atoms with E-state index < -0.39 is 10.0 Å². The maximum atomic E-state index is 13.1. The Hall–Kier alpha value is -3.13. The van der Waals surface area contributed by atoms with E-state index in [9.17, 15) is 8.42 Å². The molecule has 0 aliphatic carbocycles. The third-order valence-corrected chi connectivity index (χ3v) is 6.68. The van der Waals surface area contributed by atoms with Crippen molar-refractivity contribution in [1.29, 1.82) is 0 Å².